The number of fused-ring (bicyclic) bond motifs is 1. The van der Waals surface area contributed by atoms with Gasteiger partial charge >= 0.3 is 6.09 Å². The van der Waals surface area contributed by atoms with Crippen molar-refractivity contribution in [1.29, 1.82) is 0 Å². The zero-order valence-corrected chi connectivity index (χ0v) is 17.5. The van der Waals surface area contributed by atoms with Gasteiger partial charge in [-0.05, 0) is 45.7 Å². The molecular formula is C21H27N7O2. The molecule has 1 aliphatic rings. The molecule has 9 nitrogen and oxygen atoms in total. The normalized spacial score (nSPS) is 15.4. The Morgan fingerprint density at radius 2 is 2.00 bits per heavy atom. The maximum Gasteiger partial charge on any atom is 0.410 e. The summed E-state index contributed by atoms with van der Waals surface area (Å²) in [7, 11) is 0. The maximum absolute atomic E-state index is 12.3. The lowest BCUT2D eigenvalue weighted by Gasteiger charge is -2.34. The fraction of sp³-hybridized carbons (Fsp3) is 0.429. The highest BCUT2D eigenvalue weighted by molar-refractivity contribution is 5.77. The first-order chi connectivity index (χ1) is 14.3. The number of nitrogen functional groups attached to an aromatic ring is 1. The number of aromatic nitrogens is 4. The lowest BCUT2D eigenvalue weighted by atomic mass is 10.1. The van der Waals surface area contributed by atoms with E-state index in [0.717, 1.165) is 23.9 Å². The summed E-state index contributed by atoms with van der Waals surface area (Å²) in [6, 6.07) is 6.01. The van der Waals surface area contributed by atoms with Crippen LogP contribution in [-0.2, 0) is 4.74 Å². The third-order valence-corrected chi connectivity index (χ3v) is 4.97. The SMILES string of the molecule is CC(C)(C)OC(=O)N1CCC(Nc2nc(-c3cnn4ccccc34)ncc2N)CC1. The molecule has 1 aliphatic heterocycles. The van der Waals surface area contributed by atoms with Gasteiger partial charge in [-0.15, -0.1) is 0 Å². The minimum absolute atomic E-state index is 0.164. The van der Waals surface area contributed by atoms with Crippen LogP contribution in [-0.4, -0.2) is 55.3 Å². The molecule has 0 radical (unpaired) electrons. The number of rotatable bonds is 3. The van der Waals surface area contributed by atoms with E-state index in [4.69, 9.17) is 10.5 Å². The summed E-state index contributed by atoms with van der Waals surface area (Å²) in [4.78, 5) is 23.0. The smallest absolute Gasteiger partial charge is 0.410 e. The first-order valence-corrected chi connectivity index (χ1v) is 10.1. The van der Waals surface area contributed by atoms with Gasteiger partial charge < -0.3 is 20.7 Å². The van der Waals surface area contributed by atoms with Crippen LogP contribution in [0.1, 0.15) is 33.6 Å². The van der Waals surface area contributed by atoms with Crippen molar-refractivity contribution in [2.75, 3.05) is 24.1 Å². The predicted octanol–water partition coefficient (Wildman–Crippen LogP) is 3.18. The number of hydrogen-bond donors (Lipinski definition) is 2. The number of nitrogens with zero attached hydrogens (tertiary/aromatic N) is 5. The van der Waals surface area contributed by atoms with Gasteiger partial charge in [0.1, 0.15) is 5.60 Å². The number of carbonyl (C=O) groups is 1. The van der Waals surface area contributed by atoms with E-state index in [2.05, 4.69) is 20.4 Å². The average molecular weight is 409 g/mol. The van der Waals surface area contributed by atoms with Gasteiger partial charge in [-0.2, -0.15) is 5.10 Å². The molecule has 0 atom stereocenters. The summed E-state index contributed by atoms with van der Waals surface area (Å²) in [6.07, 6.45) is 6.56. The van der Waals surface area contributed by atoms with Gasteiger partial charge in [0.05, 0.1) is 29.2 Å². The molecule has 30 heavy (non-hydrogen) atoms. The van der Waals surface area contributed by atoms with E-state index >= 15 is 0 Å². The fourth-order valence-electron chi connectivity index (χ4n) is 3.47. The van der Waals surface area contributed by atoms with Crippen LogP contribution in [0.2, 0.25) is 0 Å². The fourth-order valence-corrected chi connectivity index (χ4v) is 3.47. The number of anilines is 2. The van der Waals surface area contributed by atoms with E-state index in [0.29, 0.717) is 30.4 Å². The molecule has 0 saturated carbocycles. The maximum atomic E-state index is 12.3. The minimum Gasteiger partial charge on any atom is -0.444 e. The zero-order valence-electron chi connectivity index (χ0n) is 17.5. The lowest BCUT2D eigenvalue weighted by molar-refractivity contribution is 0.0210. The first kappa shape index (κ1) is 19.9. The van der Waals surface area contributed by atoms with E-state index in [-0.39, 0.29) is 12.1 Å². The largest absolute Gasteiger partial charge is 0.444 e. The Morgan fingerprint density at radius 1 is 1.23 bits per heavy atom. The Kier molecular flexibility index (Phi) is 5.19. The quantitative estimate of drug-likeness (QED) is 0.683. The van der Waals surface area contributed by atoms with Crippen LogP contribution >= 0.6 is 0 Å². The summed E-state index contributed by atoms with van der Waals surface area (Å²) in [5.74, 6) is 1.17. The Balaban J connectivity index is 1.45. The second-order valence-corrected chi connectivity index (χ2v) is 8.47. The second kappa shape index (κ2) is 7.81. The molecule has 1 amide bonds. The van der Waals surface area contributed by atoms with E-state index in [1.54, 1.807) is 21.8 Å². The van der Waals surface area contributed by atoms with Crippen molar-refractivity contribution in [2.24, 2.45) is 0 Å². The molecule has 0 unspecified atom stereocenters. The van der Waals surface area contributed by atoms with Gasteiger partial charge in [0.25, 0.3) is 0 Å². The standard InChI is InChI=1S/C21H27N7O2/c1-21(2,3)30-20(29)27-10-7-14(8-11-27)25-19-16(22)13-23-18(26-19)15-12-24-28-9-5-4-6-17(15)28/h4-6,9,12-14H,7-8,10-11,22H2,1-3H3,(H,23,25,26). The van der Waals surface area contributed by atoms with E-state index in [9.17, 15) is 4.79 Å². The molecule has 0 aromatic carbocycles. The molecule has 3 aromatic heterocycles. The average Bonchev–Trinajstić information content (AvgIpc) is 3.13. The molecule has 0 bridgehead atoms. The highest BCUT2D eigenvalue weighted by Gasteiger charge is 2.27. The van der Waals surface area contributed by atoms with Crippen molar-refractivity contribution >= 4 is 23.1 Å². The van der Waals surface area contributed by atoms with Crippen LogP contribution < -0.4 is 11.1 Å². The number of piperidine rings is 1. The Bertz CT molecular complexity index is 1050. The topological polar surface area (TPSA) is 111 Å². The van der Waals surface area contributed by atoms with Gasteiger partial charge in [-0.25, -0.2) is 19.3 Å². The number of hydrogen-bond acceptors (Lipinski definition) is 7. The predicted molar refractivity (Wildman–Crippen MR) is 115 cm³/mol. The van der Waals surface area contributed by atoms with E-state index in [1.807, 2.05) is 45.2 Å². The Morgan fingerprint density at radius 3 is 2.73 bits per heavy atom. The van der Waals surface area contributed by atoms with Crippen LogP contribution in [0.3, 0.4) is 0 Å². The van der Waals surface area contributed by atoms with Crippen LogP contribution in [0.4, 0.5) is 16.3 Å². The van der Waals surface area contributed by atoms with Crippen molar-refractivity contribution < 1.29 is 9.53 Å². The molecule has 4 rings (SSSR count). The number of nitrogens with two attached hydrogens (primary N) is 1. The number of pyridine rings is 1. The third kappa shape index (κ3) is 4.29. The van der Waals surface area contributed by atoms with Crippen molar-refractivity contribution in [3.05, 3.63) is 36.8 Å². The summed E-state index contributed by atoms with van der Waals surface area (Å²) in [5, 5.41) is 7.77. The number of amides is 1. The van der Waals surface area contributed by atoms with Gasteiger partial charge in [0, 0.05) is 25.3 Å². The van der Waals surface area contributed by atoms with Gasteiger partial charge in [-0.1, -0.05) is 6.07 Å². The second-order valence-electron chi connectivity index (χ2n) is 8.47. The molecule has 1 fully saturated rings. The van der Waals surface area contributed by atoms with E-state index in [1.165, 1.54) is 0 Å². The lowest BCUT2D eigenvalue weighted by Crippen LogP contribution is -2.44. The summed E-state index contributed by atoms with van der Waals surface area (Å²) < 4.78 is 7.25. The molecule has 158 valence electrons. The van der Waals surface area contributed by atoms with Crippen molar-refractivity contribution in [3.8, 4) is 11.4 Å². The monoisotopic (exact) mass is 409 g/mol. The molecular weight excluding hydrogens is 382 g/mol. The van der Waals surface area contributed by atoms with E-state index < -0.39 is 5.60 Å². The van der Waals surface area contributed by atoms with Gasteiger partial charge in [0.15, 0.2) is 11.6 Å². The highest BCUT2D eigenvalue weighted by atomic mass is 16.6. The molecule has 0 spiro atoms. The molecule has 4 heterocycles. The summed E-state index contributed by atoms with van der Waals surface area (Å²) in [6.45, 7) is 6.87. The minimum atomic E-state index is -0.490. The third-order valence-electron chi connectivity index (χ3n) is 4.97. The number of carbonyl (C=O) groups excluding carboxylic acids is 1. The van der Waals surface area contributed by atoms with Crippen LogP contribution in [0.5, 0.6) is 0 Å². The Labute approximate surface area is 175 Å². The summed E-state index contributed by atoms with van der Waals surface area (Å²) in [5.41, 5.74) is 7.90. The highest BCUT2D eigenvalue weighted by Crippen LogP contribution is 2.26. The van der Waals surface area contributed by atoms with Crippen molar-refractivity contribution in [2.45, 2.75) is 45.3 Å². The molecule has 9 heteroatoms. The Hall–Kier alpha value is -3.36. The zero-order chi connectivity index (χ0) is 21.3. The number of likely N-dealkylation sites (tertiary alicyclic amines) is 1. The molecule has 3 aromatic rings. The van der Waals surface area contributed by atoms with Crippen molar-refractivity contribution in [3.63, 3.8) is 0 Å². The van der Waals surface area contributed by atoms with Crippen LogP contribution in [0.15, 0.2) is 36.8 Å². The molecule has 3 N–H and O–H groups in total. The molecule has 1 saturated heterocycles. The van der Waals surface area contributed by atoms with Crippen LogP contribution in [0, 0.1) is 0 Å². The first-order valence-electron chi connectivity index (χ1n) is 10.1. The summed E-state index contributed by atoms with van der Waals surface area (Å²) >= 11 is 0. The van der Waals surface area contributed by atoms with Crippen LogP contribution in [0.25, 0.3) is 16.9 Å². The van der Waals surface area contributed by atoms with Crippen molar-refractivity contribution in [1.82, 2.24) is 24.5 Å². The number of ether oxygens (including phenoxy) is 1. The van der Waals surface area contributed by atoms with Gasteiger partial charge in [-0.3, -0.25) is 0 Å². The van der Waals surface area contributed by atoms with Gasteiger partial charge in [0.2, 0.25) is 0 Å². The number of nitrogens with one attached hydrogen (secondary N) is 1. The molecule has 0 aliphatic carbocycles.